The van der Waals surface area contributed by atoms with Gasteiger partial charge in [-0.3, -0.25) is 4.79 Å². The van der Waals surface area contributed by atoms with Crippen molar-refractivity contribution >= 4 is 5.91 Å². The van der Waals surface area contributed by atoms with Crippen molar-refractivity contribution in [2.75, 3.05) is 13.1 Å². The molecule has 1 amide bonds. The first-order valence-corrected chi connectivity index (χ1v) is 7.51. The van der Waals surface area contributed by atoms with Gasteiger partial charge in [-0.05, 0) is 38.1 Å². The highest BCUT2D eigenvalue weighted by Crippen LogP contribution is 2.51. The highest BCUT2D eigenvalue weighted by atomic mass is 16.2. The van der Waals surface area contributed by atoms with E-state index >= 15 is 0 Å². The standard InChI is InChI=1S/C15H30N2O.2H2/c1-12(2)15(8-9-15)14(18)17-11-7-5-6-10-16-13(3)4;;/h12-13,16H,5-11H2,1-4H3,(H,17,18);2*1H. The van der Waals surface area contributed by atoms with Crippen LogP contribution in [0.3, 0.4) is 0 Å². The van der Waals surface area contributed by atoms with Crippen molar-refractivity contribution in [1.29, 1.82) is 0 Å². The zero-order chi connectivity index (χ0) is 13.6. The molecule has 0 aliphatic heterocycles. The predicted molar refractivity (Wildman–Crippen MR) is 80.7 cm³/mol. The molecule has 2 N–H and O–H groups in total. The minimum atomic E-state index is -0.0147. The summed E-state index contributed by atoms with van der Waals surface area (Å²) in [6.07, 6.45) is 5.64. The highest BCUT2D eigenvalue weighted by Gasteiger charge is 2.51. The number of nitrogens with one attached hydrogen (secondary N) is 2. The third-order valence-electron chi connectivity index (χ3n) is 4.04. The van der Waals surface area contributed by atoms with Crippen molar-refractivity contribution in [1.82, 2.24) is 10.6 Å². The topological polar surface area (TPSA) is 41.1 Å². The lowest BCUT2D eigenvalue weighted by atomic mass is 9.91. The van der Waals surface area contributed by atoms with Crippen LogP contribution in [0.25, 0.3) is 0 Å². The van der Waals surface area contributed by atoms with Gasteiger partial charge < -0.3 is 10.6 Å². The van der Waals surface area contributed by atoms with Crippen LogP contribution in [0.5, 0.6) is 0 Å². The Morgan fingerprint density at radius 3 is 2.22 bits per heavy atom. The lowest BCUT2D eigenvalue weighted by Crippen LogP contribution is -2.35. The molecule has 0 bridgehead atoms. The monoisotopic (exact) mass is 258 g/mol. The normalized spacial score (nSPS) is 17.2. The number of rotatable bonds is 9. The number of hydrogen-bond donors (Lipinski definition) is 2. The fourth-order valence-corrected chi connectivity index (χ4v) is 2.40. The van der Waals surface area contributed by atoms with E-state index in [-0.39, 0.29) is 14.2 Å². The van der Waals surface area contributed by atoms with Gasteiger partial charge in [0.05, 0.1) is 5.41 Å². The molecule has 1 saturated carbocycles. The maximum absolute atomic E-state index is 12.0. The predicted octanol–water partition coefficient (Wildman–Crippen LogP) is 3.20. The molecule has 1 rings (SSSR count). The van der Waals surface area contributed by atoms with Gasteiger partial charge in [-0.1, -0.05) is 34.1 Å². The lowest BCUT2D eigenvalue weighted by Gasteiger charge is -2.18. The van der Waals surface area contributed by atoms with Gasteiger partial charge in [-0.2, -0.15) is 0 Å². The molecule has 110 valence electrons. The van der Waals surface area contributed by atoms with Crippen molar-refractivity contribution in [2.24, 2.45) is 11.3 Å². The average molecular weight is 258 g/mol. The second-order valence-electron chi connectivity index (χ2n) is 6.24. The van der Waals surface area contributed by atoms with Crippen LogP contribution in [0.1, 0.15) is 62.7 Å². The van der Waals surface area contributed by atoms with Gasteiger partial charge in [0.1, 0.15) is 0 Å². The van der Waals surface area contributed by atoms with Crippen molar-refractivity contribution in [3.8, 4) is 0 Å². The summed E-state index contributed by atoms with van der Waals surface area (Å²) in [6.45, 7) is 10.6. The van der Waals surface area contributed by atoms with Gasteiger partial charge in [-0.15, -0.1) is 0 Å². The van der Waals surface area contributed by atoms with Crippen molar-refractivity contribution in [3.05, 3.63) is 0 Å². The molecule has 3 heteroatoms. The first-order valence-electron chi connectivity index (χ1n) is 7.51. The molecule has 3 nitrogen and oxygen atoms in total. The lowest BCUT2D eigenvalue weighted by molar-refractivity contribution is -0.127. The molecule has 0 aromatic rings. The Balaban J connectivity index is 0. The summed E-state index contributed by atoms with van der Waals surface area (Å²) in [5.74, 6) is 0.769. The van der Waals surface area contributed by atoms with E-state index in [4.69, 9.17) is 0 Å². The Morgan fingerprint density at radius 2 is 1.72 bits per heavy atom. The number of carbonyl (C=O) groups excluding carboxylic acids is 1. The van der Waals surface area contributed by atoms with E-state index < -0.39 is 0 Å². The maximum Gasteiger partial charge on any atom is 0.226 e. The summed E-state index contributed by atoms with van der Waals surface area (Å²) in [6, 6.07) is 0.575. The van der Waals surface area contributed by atoms with E-state index in [1.54, 1.807) is 0 Å². The van der Waals surface area contributed by atoms with E-state index in [0.29, 0.717) is 12.0 Å². The zero-order valence-corrected chi connectivity index (χ0v) is 12.5. The number of hydrogen-bond acceptors (Lipinski definition) is 2. The van der Waals surface area contributed by atoms with Crippen LogP contribution in [-0.2, 0) is 4.79 Å². The van der Waals surface area contributed by atoms with E-state index in [0.717, 1.165) is 32.4 Å². The van der Waals surface area contributed by atoms with Crippen molar-refractivity contribution in [2.45, 2.75) is 65.8 Å². The van der Waals surface area contributed by atoms with Gasteiger partial charge in [0, 0.05) is 15.4 Å². The van der Waals surface area contributed by atoms with Gasteiger partial charge in [0.2, 0.25) is 5.91 Å². The minimum Gasteiger partial charge on any atom is -0.356 e. The third-order valence-corrected chi connectivity index (χ3v) is 4.04. The Hall–Kier alpha value is -0.570. The molecule has 0 unspecified atom stereocenters. The Labute approximate surface area is 115 Å². The van der Waals surface area contributed by atoms with Crippen LogP contribution >= 0.6 is 0 Å². The molecule has 0 aromatic carbocycles. The molecular weight excluding hydrogens is 224 g/mol. The quantitative estimate of drug-likeness (QED) is 0.624. The molecule has 0 heterocycles. The smallest absolute Gasteiger partial charge is 0.226 e. The summed E-state index contributed by atoms with van der Waals surface area (Å²) in [7, 11) is 0. The second kappa shape index (κ2) is 7.13. The molecule has 0 spiro atoms. The van der Waals surface area contributed by atoms with E-state index in [2.05, 4.69) is 38.3 Å². The van der Waals surface area contributed by atoms with Crippen LogP contribution in [-0.4, -0.2) is 25.0 Å². The Morgan fingerprint density at radius 1 is 1.11 bits per heavy atom. The first-order chi connectivity index (χ1) is 8.49. The van der Waals surface area contributed by atoms with Gasteiger partial charge >= 0.3 is 0 Å². The fraction of sp³-hybridized carbons (Fsp3) is 0.933. The van der Waals surface area contributed by atoms with E-state index in [1.807, 2.05) is 0 Å². The fourth-order valence-electron chi connectivity index (χ4n) is 2.40. The molecule has 0 saturated heterocycles. The molecule has 0 radical (unpaired) electrons. The summed E-state index contributed by atoms with van der Waals surface area (Å²) in [4.78, 5) is 12.0. The molecule has 1 fully saturated rings. The van der Waals surface area contributed by atoms with Crippen molar-refractivity contribution in [3.63, 3.8) is 0 Å². The number of amides is 1. The minimum absolute atomic E-state index is 0. The second-order valence-corrected chi connectivity index (χ2v) is 6.24. The third kappa shape index (κ3) is 4.60. The van der Waals surface area contributed by atoms with Gasteiger partial charge in [0.15, 0.2) is 0 Å². The summed E-state index contributed by atoms with van der Waals surface area (Å²) >= 11 is 0. The first kappa shape index (κ1) is 15.5. The summed E-state index contributed by atoms with van der Waals surface area (Å²) in [5, 5.41) is 6.51. The molecular formula is C15H34N2O. The molecule has 1 aliphatic carbocycles. The van der Waals surface area contributed by atoms with Crippen LogP contribution in [0.15, 0.2) is 0 Å². The Kier molecular flexibility index (Phi) is 6.13. The van der Waals surface area contributed by atoms with Crippen molar-refractivity contribution < 1.29 is 7.65 Å². The number of carbonyl (C=O) groups is 1. The van der Waals surface area contributed by atoms with E-state index in [9.17, 15) is 4.79 Å². The van der Waals surface area contributed by atoms with Gasteiger partial charge in [0.25, 0.3) is 0 Å². The molecule has 0 atom stereocenters. The van der Waals surface area contributed by atoms with Crippen LogP contribution in [0.2, 0.25) is 0 Å². The van der Waals surface area contributed by atoms with Gasteiger partial charge in [-0.25, -0.2) is 0 Å². The summed E-state index contributed by atoms with van der Waals surface area (Å²) in [5.41, 5.74) is -0.0147. The Bertz CT molecular complexity index is 267. The summed E-state index contributed by atoms with van der Waals surface area (Å²) < 4.78 is 0. The highest BCUT2D eigenvalue weighted by molar-refractivity contribution is 5.85. The molecule has 0 aromatic heterocycles. The molecule has 18 heavy (non-hydrogen) atoms. The maximum atomic E-state index is 12.0. The number of unbranched alkanes of at least 4 members (excludes halogenated alkanes) is 2. The average Bonchev–Trinajstić information content (AvgIpc) is 3.08. The van der Waals surface area contributed by atoms with Crippen LogP contribution in [0, 0.1) is 11.3 Å². The SMILES string of the molecule is CC(C)NCCCCCNC(=O)C1(C(C)C)CC1.[HH].[HH]. The zero-order valence-electron chi connectivity index (χ0n) is 12.5. The largest absolute Gasteiger partial charge is 0.356 e. The van der Waals surface area contributed by atoms with Crippen LogP contribution < -0.4 is 10.6 Å². The van der Waals surface area contributed by atoms with Crippen LogP contribution in [0.4, 0.5) is 0 Å². The van der Waals surface area contributed by atoms with E-state index in [1.165, 1.54) is 12.8 Å². The molecule has 1 aliphatic rings.